The van der Waals surface area contributed by atoms with Crippen LogP contribution in [0.25, 0.3) is 0 Å². The molecular weight excluding hydrogens is 296 g/mol. The van der Waals surface area contributed by atoms with Crippen LogP contribution in [0.3, 0.4) is 0 Å². The van der Waals surface area contributed by atoms with Gasteiger partial charge < -0.3 is 20.9 Å². The molecule has 0 spiro atoms. The molecule has 1 atom stereocenters. The van der Waals surface area contributed by atoms with Crippen molar-refractivity contribution in [3.8, 4) is 0 Å². The molecule has 7 nitrogen and oxygen atoms in total. The van der Waals surface area contributed by atoms with E-state index in [9.17, 15) is 14.4 Å². The molecule has 0 aliphatic carbocycles. The molecule has 0 saturated carbocycles. The molecule has 0 aromatic carbocycles. The summed E-state index contributed by atoms with van der Waals surface area (Å²) in [7, 11) is 3.73. The molecular formula is C16H30N4O3. The van der Waals surface area contributed by atoms with Gasteiger partial charge in [-0.05, 0) is 39.8 Å². The first kappa shape index (κ1) is 19.6. The molecule has 1 aliphatic rings. The summed E-state index contributed by atoms with van der Waals surface area (Å²) in [5.74, 6) is -0.440. The van der Waals surface area contributed by atoms with Crippen LogP contribution >= 0.6 is 0 Å². The van der Waals surface area contributed by atoms with Gasteiger partial charge in [-0.15, -0.1) is 0 Å². The van der Waals surface area contributed by atoms with Gasteiger partial charge in [0.2, 0.25) is 11.8 Å². The second-order valence-corrected chi connectivity index (χ2v) is 6.77. The van der Waals surface area contributed by atoms with Crippen molar-refractivity contribution in [2.45, 2.75) is 45.2 Å². The Morgan fingerprint density at radius 1 is 1.17 bits per heavy atom. The monoisotopic (exact) mass is 326 g/mol. The van der Waals surface area contributed by atoms with Crippen LogP contribution < -0.4 is 16.0 Å². The zero-order valence-corrected chi connectivity index (χ0v) is 14.9. The van der Waals surface area contributed by atoms with E-state index in [-0.39, 0.29) is 36.1 Å². The van der Waals surface area contributed by atoms with Gasteiger partial charge in [0.1, 0.15) is 11.3 Å². The maximum atomic E-state index is 12.6. The maximum absolute atomic E-state index is 12.6. The van der Waals surface area contributed by atoms with E-state index in [1.807, 2.05) is 20.9 Å². The Bertz CT molecular complexity index is 443. The third-order valence-electron chi connectivity index (χ3n) is 4.40. The number of carbonyl (C=O) groups excluding carboxylic acids is 3. The Labute approximate surface area is 138 Å². The van der Waals surface area contributed by atoms with Crippen LogP contribution in [-0.4, -0.2) is 67.8 Å². The lowest BCUT2D eigenvalue weighted by Crippen LogP contribution is -2.65. The topological polar surface area (TPSA) is 90.5 Å². The molecule has 132 valence electrons. The number of rotatable bonds is 7. The quantitative estimate of drug-likeness (QED) is 0.588. The van der Waals surface area contributed by atoms with E-state index < -0.39 is 5.54 Å². The summed E-state index contributed by atoms with van der Waals surface area (Å²) in [4.78, 5) is 38.5. The Hall–Kier alpha value is -1.47. The molecule has 1 rings (SSSR count). The number of Topliss-reactive ketones (excluding diaryl/α,β-unsaturated/α-hetero) is 1. The minimum Gasteiger partial charge on any atom is -0.347 e. The van der Waals surface area contributed by atoms with Crippen LogP contribution in [-0.2, 0) is 14.4 Å². The molecule has 2 amide bonds. The lowest BCUT2D eigenvalue weighted by molar-refractivity contribution is -0.137. The number of hydrogen-bond acceptors (Lipinski definition) is 5. The Kier molecular flexibility index (Phi) is 7.15. The molecule has 23 heavy (non-hydrogen) atoms. The summed E-state index contributed by atoms with van der Waals surface area (Å²) in [5.41, 5.74) is -0.941. The van der Waals surface area contributed by atoms with Crippen LogP contribution in [0.4, 0.5) is 0 Å². The zero-order valence-electron chi connectivity index (χ0n) is 14.9. The second-order valence-electron chi connectivity index (χ2n) is 6.77. The SMILES string of the molecule is CN[C@H](C(=O)NC1(C(=O)NCC(C)=O)CCN(C)CC1)C(C)C. The van der Waals surface area contributed by atoms with Gasteiger partial charge in [0, 0.05) is 13.1 Å². The fourth-order valence-electron chi connectivity index (χ4n) is 2.86. The Morgan fingerprint density at radius 2 is 1.74 bits per heavy atom. The number of nitrogens with one attached hydrogen (secondary N) is 3. The Morgan fingerprint density at radius 3 is 2.17 bits per heavy atom. The summed E-state index contributed by atoms with van der Waals surface area (Å²) in [6, 6.07) is -0.355. The van der Waals surface area contributed by atoms with Crippen LogP contribution in [0.1, 0.15) is 33.6 Å². The minimum absolute atomic E-state index is 0.00801. The number of ketones is 1. The van der Waals surface area contributed by atoms with Gasteiger partial charge >= 0.3 is 0 Å². The van der Waals surface area contributed by atoms with E-state index in [1.54, 1.807) is 7.05 Å². The second kappa shape index (κ2) is 8.40. The lowest BCUT2D eigenvalue weighted by atomic mass is 9.85. The van der Waals surface area contributed by atoms with Gasteiger partial charge in [-0.3, -0.25) is 14.4 Å². The maximum Gasteiger partial charge on any atom is 0.246 e. The average molecular weight is 326 g/mol. The van der Waals surface area contributed by atoms with Crippen molar-refractivity contribution in [2.24, 2.45) is 5.92 Å². The number of amides is 2. The van der Waals surface area contributed by atoms with E-state index in [2.05, 4.69) is 20.9 Å². The molecule has 3 N–H and O–H groups in total. The normalized spacial score (nSPS) is 19.2. The number of likely N-dealkylation sites (N-methyl/N-ethyl adjacent to an activating group) is 1. The molecule has 1 fully saturated rings. The minimum atomic E-state index is -0.941. The van der Waals surface area contributed by atoms with Crippen molar-refractivity contribution in [3.63, 3.8) is 0 Å². The summed E-state index contributed by atoms with van der Waals surface area (Å²) in [6.07, 6.45) is 1.07. The number of hydrogen-bond donors (Lipinski definition) is 3. The first-order chi connectivity index (χ1) is 10.7. The number of nitrogens with zero attached hydrogens (tertiary/aromatic N) is 1. The highest BCUT2D eigenvalue weighted by Gasteiger charge is 2.43. The molecule has 0 bridgehead atoms. The zero-order chi connectivity index (χ0) is 17.6. The van der Waals surface area contributed by atoms with E-state index >= 15 is 0 Å². The lowest BCUT2D eigenvalue weighted by Gasteiger charge is -2.40. The first-order valence-corrected chi connectivity index (χ1v) is 8.17. The standard InChI is InChI=1S/C16H30N4O3/c1-11(2)13(17-4)14(22)19-16(6-8-20(5)9-7-16)15(23)18-10-12(3)21/h11,13,17H,6-10H2,1-5H3,(H,18,23)(H,19,22)/t13-/m0/s1. The van der Waals surface area contributed by atoms with Crippen LogP contribution in [0.15, 0.2) is 0 Å². The summed E-state index contributed by atoms with van der Waals surface area (Å²) < 4.78 is 0. The highest BCUT2D eigenvalue weighted by Crippen LogP contribution is 2.22. The number of likely N-dealkylation sites (tertiary alicyclic amines) is 1. The molecule has 1 heterocycles. The van der Waals surface area contributed by atoms with Crippen molar-refractivity contribution in [1.82, 2.24) is 20.9 Å². The summed E-state index contributed by atoms with van der Waals surface area (Å²) in [5, 5.41) is 8.61. The van der Waals surface area contributed by atoms with Crippen molar-refractivity contribution in [2.75, 3.05) is 33.7 Å². The largest absolute Gasteiger partial charge is 0.347 e. The molecule has 0 unspecified atom stereocenters. The fraction of sp³-hybridized carbons (Fsp3) is 0.812. The predicted octanol–water partition coefficient (Wildman–Crippen LogP) is -0.484. The Balaban J connectivity index is 2.89. The molecule has 0 aromatic heterocycles. The van der Waals surface area contributed by atoms with Crippen LogP contribution in [0, 0.1) is 5.92 Å². The average Bonchev–Trinajstić information content (AvgIpc) is 2.47. The fourth-order valence-corrected chi connectivity index (χ4v) is 2.86. The highest BCUT2D eigenvalue weighted by molar-refractivity contribution is 5.95. The van der Waals surface area contributed by atoms with Crippen molar-refractivity contribution in [1.29, 1.82) is 0 Å². The van der Waals surface area contributed by atoms with E-state index in [4.69, 9.17) is 0 Å². The van der Waals surface area contributed by atoms with Gasteiger partial charge in [0.05, 0.1) is 12.6 Å². The van der Waals surface area contributed by atoms with E-state index in [1.165, 1.54) is 6.92 Å². The molecule has 1 saturated heterocycles. The van der Waals surface area contributed by atoms with Crippen LogP contribution in [0.5, 0.6) is 0 Å². The third kappa shape index (κ3) is 5.28. The predicted molar refractivity (Wildman–Crippen MR) is 89.0 cm³/mol. The summed E-state index contributed by atoms with van der Waals surface area (Å²) in [6.45, 7) is 6.77. The van der Waals surface area contributed by atoms with Gasteiger partial charge in [-0.2, -0.15) is 0 Å². The number of piperidine rings is 1. The molecule has 0 radical (unpaired) electrons. The van der Waals surface area contributed by atoms with Gasteiger partial charge in [-0.1, -0.05) is 13.8 Å². The molecule has 0 aromatic rings. The van der Waals surface area contributed by atoms with Gasteiger partial charge in [0.25, 0.3) is 0 Å². The smallest absolute Gasteiger partial charge is 0.246 e. The van der Waals surface area contributed by atoms with Gasteiger partial charge in [0.15, 0.2) is 0 Å². The summed E-state index contributed by atoms with van der Waals surface area (Å²) >= 11 is 0. The number of carbonyl (C=O) groups is 3. The molecule has 1 aliphatic heterocycles. The first-order valence-electron chi connectivity index (χ1n) is 8.17. The van der Waals surface area contributed by atoms with Crippen molar-refractivity contribution >= 4 is 17.6 Å². The van der Waals surface area contributed by atoms with Gasteiger partial charge in [-0.25, -0.2) is 0 Å². The molecule has 7 heteroatoms. The van der Waals surface area contributed by atoms with Crippen molar-refractivity contribution < 1.29 is 14.4 Å². The highest BCUT2D eigenvalue weighted by atomic mass is 16.2. The third-order valence-corrected chi connectivity index (χ3v) is 4.40. The van der Waals surface area contributed by atoms with Crippen LogP contribution in [0.2, 0.25) is 0 Å². The van der Waals surface area contributed by atoms with E-state index in [0.717, 1.165) is 13.1 Å². The van der Waals surface area contributed by atoms with Crippen molar-refractivity contribution in [3.05, 3.63) is 0 Å². The van der Waals surface area contributed by atoms with E-state index in [0.29, 0.717) is 12.8 Å².